The molecule has 0 bridgehead atoms. The molecule has 0 saturated heterocycles. The van der Waals surface area contributed by atoms with Gasteiger partial charge in [0.05, 0.1) is 17.9 Å². The number of aromatic nitrogens is 2. The minimum atomic E-state index is -0.691. The second-order valence-electron chi connectivity index (χ2n) is 7.52. The molecule has 5 nitrogen and oxygen atoms in total. The van der Waals surface area contributed by atoms with Gasteiger partial charge in [0, 0.05) is 18.5 Å². The molecular formula is C25H22F2N2O3. The zero-order chi connectivity index (χ0) is 22.7. The van der Waals surface area contributed by atoms with E-state index in [-0.39, 0.29) is 36.9 Å². The smallest absolute Gasteiger partial charge is 0.182 e. The van der Waals surface area contributed by atoms with Gasteiger partial charge < -0.3 is 9.84 Å². The number of hydrogen-bond donors (Lipinski definition) is 1. The van der Waals surface area contributed by atoms with Crippen LogP contribution in [-0.2, 0) is 6.61 Å². The molecule has 2 aromatic carbocycles. The number of imidazole rings is 1. The third-order valence-corrected chi connectivity index (χ3v) is 5.41. The number of pyridine rings is 1. The van der Waals surface area contributed by atoms with Gasteiger partial charge in [-0.15, -0.1) is 0 Å². The van der Waals surface area contributed by atoms with Crippen LogP contribution in [0.4, 0.5) is 8.78 Å². The summed E-state index contributed by atoms with van der Waals surface area (Å²) in [5.41, 5.74) is 1.98. The maximum Gasteiger partial charge on any atom is 0.182 e. The lowest BCUT2D eigenvalue weighted by molar-refractivity contribution is 0.0953. The molecule has 0 unspecified atom stereocenters. The lowest BCUT2D eigenvalue weighted by Gasteiger charge is -2.14. The van der Waals surface area contributed by atoms with E-state index < -0.39 is 11.6 Å². The zero-order valence-electron chi connectivity index (χ0n) is 17.5. The van der Waals surface area contributed by atoms with Crippen LogP contribution in [0.3, 0.4) is 0 Å². The number of hydrogen-bond acceptors (Lipinski definition) is 4. The largest absolute Gasteiger partial charge is 0.485 e. The predicted molar refractivity (Wildman–Crippen MR) is 116 cm³/mol. The molecule has 0 radical (unpaired) electrons. The van der Waals surface area contributed by atoms with E-state index in [9.17, 15) is 18.7 Å². The molecule has 0 aliphatic carbocycles. The summed E-state index contributed by atoms with van der Waals surface area (Å²) in [7, 11) is 0. The Balaban J connectivity index is 1.61. The molecule has 0 amide bonds. The van der Waals surface area contributed by atoms with Gasteiger partial charge in [-0.2, -0.15) is 0 Å². The summed E-state index contributed by atoms with van der Waals surface area (Å²) in [4.78, 5) is 17.6. The molecule has 4 rings (SSSR count). The molecule has 0 aliphatic heterocycles. The number of aliphatic hydroxyl groups is 1. The van der Waals surface area contributed by atoms with Gasteiger partial charge in [-0.3, -0.25) is 9.20 Å². The SMILES string of the molecule is Cc1nc2c(OCc3c(F)cccc3F)cccn2c1C(=O)C[C@@H](CO)c1ccccc1. The Morgan fingerprint density at radius 1 is 1.06 bits per heavy atom. The summed E-state index contributed by atoms with van der Waals surface area (Å²) in [5.74, 6) is -1.59. The third-order valence-electron chi connectivity index (χ3n) is 5.41. The number of carbonyl (C=O) groups is 1. The van der Waals surface area contributed by atoms with Crippen molar-refractivity contribution in [2.45, 2.75) is 25.9 Å². The highest BCUT2D eigenvalue weighted by molar-refractivity contribution is 5.97. The number of Topliss-reactive ketones (excluding diaryl/α,β-unsaturated/α-hetero) is 1. The van der Waals surface area contributed by atoms with Gasteiger partial charge >= 0.3 is 0 Å². The van der Waals surface area contributed by atoms with E-state index in [1.54, 1.807) is 29.7 Å². The molecule has 164 valence electrons. The molecule has 0 fully saturated rings. The van der Waals surface area contributed by atoms with E-state index in [0.717, 1.165) is 5.56 Å². The standard InChI is InChI=1S/C25H22F2N2O3/c1-16-24(22(31)13-18(14-30)17-7-3-2-4-8-17)29-12-6-11-23(25(29)28-16)32-15-19-20(26)9-5-10-21(19)27/h2-12,18,30H,13-15H2,1H3/t18-/m0/s1. The molecule has 1 N–H and O–H groups in total. The Morgan fingerprint density at radius 3 is 2.47 bits per heavy atom. The molecule has 0 aliphatic rings. The topological polar surface area (TPSA) is 63.8 Å². The maximum atomic E-state index is 13.9. The van der Waals surface area contributed by atoms with Crippen LogP contribution in [0.15, 0.2) is 66.9 Å². The summed E-state index contributed by atoms with van der Waals surface area (Å²) in [6, 6.07) is 16.3. The number of halogens is 2. The summed E-state index contributed by atoms with van der Waals surface area (Å²) in [6.07, 6.45) is 1.80. The molecule has 0 saturated carbocycles. The van der Waals surface area contributed by atoms with Gasteiger partial charge in [-0.1, -0.05) is 36.4 Å². The highest BCUT2D eigenvalue weighted by atomic mass is 19.1. The maximum absolute atomic E-state index is 13.9. The molecule has 7 heteroatoms. The van der Waals surface area contributed by atoms with Crippen molar-refractivity contribution in [2.75, 3.05) is 6.61 Å². The van der Waals surface area contributed by atoms with Gasteiger partial charge in [-0.05, 0) is 36.8 Å². The molecule has 2 aromatic heterocycles. The first-order valence-electron chi connectivity index (χ1n) is 10.2. The van der Waals surface area contributed by atoms with E-state index in [2.05, 4.69) is 4.98 Å². The van der Waals surface area contributed by atoms with Crippen molar-refractivity contribution in [3.05, 3.63) is 101 Å². The predicted octanol–water partition coefficient (Wildman–Crippen LogP) is 4.85. The third kappa shape index (κ3) is 4.24. The lowest BCUT2D eigenvalue weighted by Crippen LogP contribution is -2.13. The number of benzene rings is 2. The average Bonchev–Trinajstić information content (AvgIpc) is 3.14. The molecular weight excluding hydrogens is 414 g/mol. The Labute approximate surface area is 183 Å². The Hall–Kier alpha value is -3.58. The number of aliphatic hydroxyl groups excluding tert-OH is 1. The summed E-state index contributed by atoms with van der Waals surface area (Å²) < 4.78 is 35.1. The van der Waals surface area contributed by atoms with Gasteiger partial charge in [0.2, 0.25) is 0 Å². The summed E-state index contributed by atoms with van der Waals surface area (Å²) in [5, 5.41) is 9.82. The first-order chi connectivity index (χ1) is 15.5. The monoisotopic (exact) mass is 436 g/mol. The van der Waals surface area contributed by atoms with E-state index in [1.165, 1.54) is 18.2 Å². The fraction of sp³-hybridized carbons (Fsp3) is 0.200. The van der Waals surface area contributed by atoms with Crippen LogP contribution < -0.4 is 4.74 Å². The first kappa shape index (κ1) is 21.6. The zero-order valence-corrected chi connectivity index (χ0v) is 17.5. The molecule has 1 atom stereocenters. The Morgan fingerprint density at radius 2 is 1.78 bits per heavy atom. The van der Waals surface area contributed by atoms with Gasteiger partial charge in [0.25, 0.3) is 0 Å². The highest BCUT2D eigenvalue weighted by Gasteiger charge is 2.23. The number of aryl methyl sites for hydroxylation is 1. The van der Waals surface area contributed by atoms with Crippen molar-refractivity contribution < 1.29 is 23.4 Å². The molecule has 0 spiro atoms. The van der Waals surface area contributed by atoms with Crippen molar-refractivity contribution in [1.29, 1.82) is 0 Å². The lowest BCUT2D eigenvalue weighted by atomic mass is 9.93. The quantitative estimate of drug-likeness (QED) is 0.401. The van der Waals surface area contributed by atoms with Crippen LogP contribution in [0.5, 0.6) is 5.75 Å². The Kier molecular flexibility index (Phi) is 6.28. The van der Waals surface area contributed by atoms with E-state index in [1.807, 2.05) is 30.3 Å². The number of ketones is 1. The minimum absolute atomic E-state index is 0.112. The number of ether oxygens (including phenoxy) is 1. The van der Waals surface area contributed by atoms with Crippen LogP contribution in [-0.4, -0.2) is 26.9 Å². The van der Waals surface area contributed by atoms with E-state index >= 15 is 0 Å². The molecule has 4 aromatic rings. The number of nitrogens with zero attached hydrogens (tertiary/aromatic N) is 2. The fourth-order valence-corrected chi connectivity index (χ4v) is 3.76. The van der Waals surface area contributed by atoms with Crippen LogP contribution in [0.25, 0.3) is 5.65 Å². The van der Waals surface area contributed by atoms with Crippen LogP contribution in [0, 0.1) is 18.6 Å². The minimum Gasteiger partial charge on any atom is -0.485 e. The fourth-order valence-electron chi connectivity index (χ4n) is 3.76. The van der Waals surface area contributed by atoms with Crippen LogP contribution in [0.1, 0.15) is 39.6 Å². The average molecular weight is 436 g/mol. The Bertz CT molecular complexity index is 1230. The van der Waals surface area contributed by atoms with Crippen LogP contribution in [0.2, 0.25) is 0 Å². The van der Waals surface area contributed by atoms with Crippen molar-refractivity contribution in [2.24, 2.45) is 0 Å². The number of rotatable bonds is 8. The normalized spacial score (nSPS) is 12.1. The second kappa shape index (κ2) is 9.28. The van der Waals surface area contributed by atoms with E-state index in [4.69, 9.17) is 4.74 Å². The van der Waals surface area contributed by atoms with Gasteiger partial charge in [0.15, 0.2) is 17.2 Å². The summed E-state index contributed by atoms with van der Waals surface area (Å²) >= 11 is 0. The number of fused-ring (bicyclic) bond motifs is 1. The second-order valence-corrected chi connectivity index (χ2v) is 7.52. The van der Waals surface area contributed by atoms with Crippen molar-refractivity contribution >= 4 is 11.4 Å². The van der Waals surface area contributed by atoms with Crippen molar-refractivity contribution in [3.8, 4) is 5.75 Å². The summed E-state index contributed by atoms with van der Waals surface area (Å²) in [6.45, 7) is 1.25. The van der Waals surface area contributed by atoms with Gasteiger partial charge in [0.1, 0.15) is 23.9 Å². The highest BCUT2D eigenvalue weighted by Crippen LogP contribution is 2.27. The van der Waals surface area contributed by atoms with Crippen molar-refractivity contribution in [1.82, 2.24) is 9.38 Å². The number of carbonyl (C=O) groups excluding carboxylic acids is 1. The molecule has 32 heavy (non-hydrogen) atoms. The van der Waals surface area contributed by atoms with Crippen molar-refractivity contribution in [3.63, 3.8) is 0 Å². The van der Waals surface area contributed by atoms with Gasteiger partial charge in [-0.25, -0.2) is 13.8 Å². The van der Waals surface area contributed by atoms with E-state index in [0.29, 0.717) is 22.8 Å². The first-order valence-corrected chi connectivity index (χ1v) is 10.2. The van der Waals surface area contributed by atoms with Crippen LogP contribution >= 0.6 is 0 Å². The molecule has 2 heterocycles.